The molecule has 0 spiro atoms. The highest BCUT2D eigenvalue weighted by atomic mass is 15.3. The highest BCUT2D eigenvalue weighted by Crippen LogP contribution is 2.24. The molecule has 6 nitrogen and oxygen atoms in total. The van der Waals surface area contributed by atoms with Gasteiger partial charge in [0.25, 0.3) is 0 Å². The zero-order valence-electron chi connectivity index (χ0n) is 15.1. The fourth-order valence-corrected chi connectivity index (χ4v) is 2.53. The molecule has 0 fully saturated rings. The largest absolute Gasteiger partial charge is 0.372 e. The molecule has 0 aliphatic rings. The van der Waals surface area contributed by atoms with Crippen molar-refractivity contribution in [2.24, 2.45) is 0 Å². The first-order chi connectivity index (χ1) is 11.7. The van der Waals surface area contributed by atoms with Gasteiger partial charge in [0.2, 0.25) is 5.95 Å². The first-order valence-electron chi connectivity index (χ1n) is 8.74. The molecule has 0 unspecified atom stereocenters. The molecule has 2 N–H and O–H groups in total. The molecular weight excluding hydrogens is 300 g/mol. The zero-order valence-corrected chi connectivity index (χ0v) is 15.1. The Morgan fingerprint density at radius 2 is 1.92 bits per heavy atom. The quantitative estimate of drug-likeness (QED) is 0.679. The second-order valence-corrected chi connectivity index (χ2v) is 5.74. The summed E-state index contributed by atoms with van der Waals surface area (Å²) < 4.78 is 0. The number of unbranched alkanes of at least 4 members (excludes halogenated alkanes) is 1. The maximum atomic E-state index is 4.46. The monoisotopic (exact) mass is 328 g/mol. The number of hydrogen-bond donors (Lipinski definition) is 2. The van der Waals surface area contributed by atoms with Crippen LogP contribution in [0.15, 0.2) is 24.4 Å². The summed E-state index contributed by atoms with van der Waals surface area (Å²) in [7, 11) is 0. The standard InChI is InChI=1S/C18H28N6/c1-5-8-11-19-17-13-20-23-18(22-17)21-16-10-9-15(12-14(16)4)24(6-2)7-3/h9-10,12-13H,5-8,11H2,1-4H3,(H2,19,21,22,23). The predicted molar refractivity (Wildman–Crippen MR) is 101 cm³/mol. The van der Waals surface area contributed by atoms with Gasteiger partial charge in [-0.25, -0.2) is 0 Å². The van der Waals surface area contributed by atoms with Gasteiger partial charge in [0, 0.05) is 31.0 Å². The highest BCUT2D eigenvalue weighted by Gasteiger charge is 2.07. The first kappa shape index (κ1) is 18.0. The van der Waals surface area contributed by atoms with E-state index in [0.717, 1.165) is 49.5 Å². The molecule has 0 amide bonds. The molecule has 2 rings (SSSR count). The van der Waals surface area contributed by atoms with Gasteiger partial charge >= 0.3 is 0 Å². The van der Waals surface area contributed by atoms with E-state index in [4.69, 9.17) is 0 Å². The van der Waals surface area contributed by atoms with Crippen LogP contribution in [0.25, 0.3) is 0 Å². The van der Waals surface area contributed by atoms with Crippen LogP contribution in [0.2, 0.25) is 0 Å². The topological polar surface area (TPSA) is 66.0 Å². The van der Waals surface area contributed by atoms with Gasteiger partial charge in [0.15, 0.2) is 5.82 Å². The van der Waals surface area contributed by atoms with E-state index in [1.54, 1.807) is 6.20 Å². The summed E-state index contributed by atoms with van der Waals surface area (Å²) in [6.45, 7) is 11.5. The number of anilines is 4. The lowest BCUT2D eigenvalue weighted by Crippen LogP contribution is -2.21. The maximum absolute atomic E-state index is 4.46. The minimum Gasteiger partial charge on any atom is -0.372 e. The maximum Gasteiger partial charge on any atom is 0.249 e. The molecule has 0 aliphatic heterocycles. The number of nitrogens with one attached hydrogen (secondary N) is 2. The molecule has 130 valence electrons. The van der Waals surface area contributed by atoms with Crippen LogP contribution in [-0.2, 0) is 0 Å². The third-order valence-electron chi connectivity index (χ3n) is 3.98. The number of aryl methyl sites for hydroxylation is 1. The van der Waals surface area contributed by atoms with Gasteiger partial charge < -0.3 is 15.5 Å². The molecule has 0 saturated heterocycles. The lowest BCUT2D eigenvalue weighted by Gasteiger charge is -2.22. The number of aromatic nitrogens is 3. The van der Waals surface area contributed by atoms with Gasteiger partial charge in [-0.2, -0.15) is 10.1 Å². The number of benzene rings is 1. The van der Waals surface area contributed by atoms with Gasteiger partial charge in [-0.15, -0.1) is 5.10 Å². The van der Waals surface area contributed by atoms with Crippen LogP contribution >= 0.6 is 0 Å². The molecular formula is C18H28N6. The Labute approximate surface area is 144 Å². The van der Waals surface area contributed by atoms with E-state index in [1.165, 1.54) is 5.69 Å². The fraction of sp³-hybridized carbons (Fsp3) is 0.500. The molecule has 0 saturated carbocycles. The number of nitrogens with zero attached hydrogens (tertiary/aromatic N) is 4. The summed E-state index contributed by atoms with van der Waals surface area (Å²) in [4.78, 5) is 6.79. The average molecular weight is 328 g/mol. The molecule has 1 heterocycles. The minimum atomic E-state index is 0.509. The van der Waals surface area contributed by atoms with E-state index in [9.17, 15) is 0 Å². The van der Waals surface area contributed by atoms with Crippen LogP contribution in [0, 0.1) is 6.92 Å². The first-order valence-corrected chi connectivity index (χ1v) is 8.74. The van der Waals surface area contributed by atoms with E-state index >= 15 is 0 Å². The lowest BCUT2D eigenvalue weighted by molar-refractivity contribution is 0.827. The summed E-state index contributed by atoms with van der Waals surface area (Å²) in [6.07, 6.45) is 3.91. The van der Waals surface area contributed by atoms with Crippen molar-refractivity contribution in [3.63, 3.8) is 0 Å². The van der Waals surface area contributed by atoms with Crippen molar-refractivity contribution < 1.29 is 0 Å². The summed E-state index contributed by atoms with van der Waals surface area (Å²) in [5, 5.41) is 14.6. The summed E-state index contributed by atoms with van der Waals surface area (Å²) in [5.41, 5.74) is 3.39. The van der Waals surface area contributed by atoms with Crippen LogP contribution < -0.4 is 15.5 Å². The van der Waals surface area contributed by atoms with Crippen LogP contribution in [-0.4, -0.2) is 34.8 Å². The van der Waals surface area contributed by atoms with Gasteiger partial charge in [0.1, 0.15) is 0 Å². The highest BCUT2D eigenvalue weighted by molar-refractivity contribution is 5.64. The van der Waals surface area contributed by atoms with Crippen molar-refractivity contribution in [1.82, 2.24) is 15.2 Å². The second-order valence-electron chi connectivity index (χ2n) is 5.74. The Morgan fingerprint density at radius 1 is 1.12 bits per heavy atom. The van der Waals surface area contributed by atoms with Crippen molar-refractivity contribution in [2.45, 2.75) is 40.5 Å². The lowest BCUT2D eigenvalue weighted by atomic mass is 10.1. The van der Waals surface area contributed by atoms with Gasteiger partial charge in [-0.05, 0) is 51.0 Å². The Bertz CT molecular complexity index is 639. The van der Waals surface area contributed by atoms with Gasteiger partial charge in [-0.3, -0.25) is 0 Å². The SMILES string of the molecule is CCCCNc1cnnc(Nc2ccc(N(CC)CC)cc2C)n1. The summed E-state index contributed by atoms with van der Waals surface area (Å²) >= 11 is 0. The predicted octanol–water partition coefficient (Wildman–Crippen LogP) is 3.98. The van der Waals surface area contributed by atoms with Crippen LogP contribution in [0.3, 0.4) is 0 Å². The van der Waals surface area contributed by atoms with Crippen LogP contribution in [0.1, 0.15) is 39.2 Å². The van der Waals surface area contributed by atoms with Crippen molar-refractivity contribution >= 4 is 23.1 Å². The number of hydrogen-bond acceptors (Lipinski definition) is 6. The Kier molecular flexibility index (Phi) is 6.78. The number of rotatable bonds is 9. The molecule has 2 aromatic rings. The molecule has 0 atom stereocenters. The molecule has 0 radical (unpaired) electrons. The Balaban J connectivity index is 2.09. The van der Waals surface area contributed by atoms with E-state index in [1.807, 2.05) is 0 Å². The molecule has 1 aromatic carbocycles. The molecule has 0 bridgehead atoms. The van der Waals surface area contributed by atoms with Gasteiger partial charge in [0.05, 0.1) is 6.20 Å². The average Bonchev–Trinajstić information content (AvgIpc) is 2.59. The molecule has 24 heavy (non-hydrogen) atoms. The zero-order chi connectivity index (χ0) is 17.4. The van der Waals surface area contributed by atoms with Crippen LogP contribution in [0.4, 0.5) is 23.1 Å². The third kappa shape index (κ3) is 4.81. The summed E-state index contributed by atoms with van der Waals surface area (Å²) in [5.74, 6) is 1.26. The van der Waals surface area contributed by atoms with E-state index < -0.39 is 0 Å². The van der Waals surface area contributed by atoms with E-state index in [0.29, 0.717) is 5.95 Å². The third-order valence-corrected chi connectivity index (χ3v) is 3.98. The summed E-state index contributed by atoms with van der Waals surface area (Å²) in [6, 6.07) is 6.38. The van der Waals surface area contributed by atoms with Gasteiger partial charge in [-0.1, -0.05) is 13.3 Å². The van der Waals surface area contributed by atoms with Crippen molar-refractivity contribution in [3.8, 4) is 0 Å². The molecule has 0 aliphatic carbocycles. The fourth-order valence-electron chi connectivity index (χ4n) is 2.53. The van der Waals surface area contributed by atoms with E-state index in [2.05, 4.69) is 76.6 Å². The normalized spacial score (nSPS) is 10.5. The second kappa shape index (κ2) is 9.05. The van der Waals surface area contributed by atoms with Crippen molar-refractivity contribution in [3.05, 3.63) is 30.0 Å². The molecule has 6 heteroatoms. The van der Waals surface area contributed by atoms with Crippen molar-refractivity contribution in [1.29, 1.82) is 0 Å². The molecule has 1 aromatic heterocycles. The van der Waals surface area contributed by atoms with Crippen LogP contribution in [0.5, 0.6) is 0 Å². The van der Waals surface area contributed by atoms with Crippen molar-refractivity contribution in [2.75, 3.05) is 35.2 Å². The van der Waals surface area contributed by atoms with E-state index in [-0.39, 0.29) is 0 Å². The Morgan fingerprint density at radius 3 is 2.58 bits per heavy atom. The minimum absolute atomic E-state index is 0.509. The Hall–Kier alpha value is -2.37. The smallest absolute Gasteiger partial charge is 0.249 e.